The lowest BCUT2D eigenvalue weighted by Crippen LogP contribution is -2.26. The zero-order chi connectivity index (χ0) is 13.2. The van der Waals surface area contributed by atoms with E-state index in [2.05, 4.69) is 20.3 Å². The van der Waals surface area contributed by atoms with E-state index in [0.717, 1.165) is 24.1 Å². The highest BCUT2D eigenvalue weighted by molar-refractivity contribution is 5.26. The van der Waals surface area contributed by atoms with E-state index in [-0.39, 0.29) is 5.69 Å². The van der Waals surface area contributed by atoms with Crippen LogP contribution < -0.4 is 11.0 Å². The number of pyridine rings is 1. The van der Waals surface area contributed by atoms with Gasteiger partial charge in [-0.2, -0.15) is 4.98 Å². The molecule has 6 nitrogen and oxygen atoms in total. The Labute approximate surface area is 110 Å². The second kappa shape index (κ2) is 4.79. The molecule has 0 atom stereocenters. The predicted octanol–water partition coefficient (Wildman–Crippen LogP) is 0.964. The Morgan fingerprint density at radius 1 is 1.42 bits per heavy atom. The van der Waals surface area contributed by atoms with Crippen molar-refractivity contribution in [2.75, 3.05) is 5.32 Å². The maximum atomic E-state index is 11.9. The van der Waals surface area contributed by atoms with Crippen LogP contribution in [0.1, 0.15) is 24.1 Å². The number of nitrogens with zero attached hydrogens (tertiary/aromatic N) is 4. The molecule has 98 valence electrons. The van der Waals surface area contributed by atoms with Gasteiger partial charge < -0.3 is 5.32 Å². The van der Waals surface area contributed by atoms with E-state index in [1.807, 2.05) is 19.1 Å². The van der Waals surface area contributed by atoms with Crippen LogP contribution in [0.25, 0.3) is 0 Å². The average Bonchev–Trinajstić information content (AvgIpc) is 3.19. The van der Waals surface area contributed by atoms with Gasteiger partial charge in [0, 0.05) is 12.2 Å². The van der Waals surface area contributed by atoms with E-state index in [0.29, 0.717) is 18.5 Å². The van der Waals surface area contributed by atoms with Gasteiger partial charge in [-0.3, -0.25) is 9.55 Å². The topological polar surface area (TPSA) is 72.7 Å². The number of aromatic nitrogens is 4. The first-order chi connectivity index (χ1) is 9.22. The molecule has 2 aromatic heterocycles. The van der Waals surface area contributed by atoms with E-state index in [1.54, 1.807) is 6.20 Å². The van der Waals surface area contributed by atoms with Crippen molar-refractivity contribution in [2.45, 2.75) is 32.4 Å². The molecule has 0 spiro atoms. The van der Waals surface area contributed by atoms with E-state index >= 15 is 0 Å². The molecule has 6 heteroatoms. The van der Waals surface area contributed by atoms with Gasteiger partial charge in [0.25, 0.3) is 0 Å². The predicted molar refractivity (Wildman–Crippen MR) is 71.0 cm³/mol. The summed E-state index contributed by atoms with van der Waals surface area (Å²) in [6.45, 7) is 2.37. The highest BCUT2D eigenvalue weighted by Gasteiger charge is 2.22. The summed E-state index contributed by atoms with van der Waals surface area (Å²) >= 11 is 0. The van der Waals surface area contributed by atoms with Gasteiger partial charge in [0.2, 0.25) is 5.95 Å². The van der Waals surface area contributed by atoms with Crippen LogP contribution in [0.2, 0.25) is 0 Å². The summed E-state index contributed by atoms with van der Waals surface area (Å²) in [4.78, 5) is 24.3. The maximum Gasteiger partial charge on any atom is 0.352 e. The van der Waals surface area contributed by atoms with Crippen molar-refractivity contribution in [3.63, 3.8) is 0 Å². The summed E-state index contributed by atoms with van der Waals surface area (Å²) in [6.07, 6.45) is 5.49. The lowest BCUT2D eigenvalue weighted by Gasteiger charge is -2.07. The Morgan fingerprint density at radius 2 is 2.26 bits per heavy atom. The van der Waals surface area contributed by atoms with Gasteiger partial charge in [0.15, 0.2) is 0 Å². The summed E-state index contributed by atoms with van der Waals surface area (Å²) in [6, 6.07) is 4.28. The number of aryl methyl sites for hydroxylation is 1. The van der Waals surface area contributed by atoms with Crippen molar-refractivity contribution < 1.29 is 0 Å². The molecule has 0 unspecified atom stereocenters. The highest BCUT2D eigenvalue weighted by Crippen LogP contribution is 2.22. The van der Waals surface area contributed by atoms with Gasteiger partial charge >= 0.3 is 5.69 Å². The van der Waals surface area contributed by atoms with Gasteiger partial charge in [-0.1, -0.05) is 6.07 Å². The Bertz CT molecular complexity index is 647. The summed E-state index contributed by atoms with van der Waals surface area (Å²) in [5, 5.41) is 3.11. The number of hydrogen-bond acceptors (Lipinski definition) is 5. The summed E-state index contributed by atoms with van der Waals surface area (Å²) in [7, 11) is 0. The third-order valence-electron chi connectivity index (χ3n) is 3.12. The molecule has 0 radical (unpaired) electrons. The lowest BCUT2D eigenvalue weighted by atomic mass is 10.2. The highest BCUT2D eigenvalue weighted by atomic mass is 16.1. The molecule has 1 fully saturated rings. The fraction of sp³-hybridized carbons (Fsp3) is 0.385. The molecule has 19 heavy (non-hydrogen) atoms. The summed E-state index contributed by atoms with van der Waals surface area (Å²) in [5.74, 6) is 0.418. The minimum absolute atomic E-state index is 0.303. The Balaban J connectivity index is 1.81. The lowest BCUT2D eigenvalue weighted by molar-refractivity contribution is 0.684. The minimum atomic E-state index is -0.303. The fourth-order valence-electron chi connectivity index (χ4n) is 1.79. The molecule has 3 rings (SSSR count). The van der Waals surface area contributed by atoms with Crippen LogP contribution >= 0.6 is 0 Å². The largest absolute Gasteiger partial charge is 0.352 e. The molecule has 2 aromatic rings. The minimum Gasteiger partial charge on any atom is -0.351 e. The van der Waals surface area contributed by atoms with Gasteiger partial charge in [0.05, 0.1) is 12.2 Å². The number of nitrogens with one attached hydrogen (secondary N) is 1. The van der Waals surface area contributed by atoms with Crippen LogP contribution in [-0.2, 0) is 6.54 Å². The van der Waals surface area contributed by atoms with Crippen LogP contribution in [0.3, 0.4) is 0 Å². The van der Waals surface area contributed by atoms with Crippen molar-refractivity contribution in [1.82, 2.24) is 19.5 Å². The van der Waals surface area contributed by atoms with Crippen LogP contribution in [0.15, 0.2) is 29.5 Å². The third kappa shape index (κ3) is 2.78. The van der Waals surface area contributed by atoms with Crippen LogP contribution in [0.4, 0.5) is 5.95 Å². The number of rotatable bonds is 4. The smallest absolute Gasteiger partial charge is 0.351 e. The van der Waals surface area contributed by atoms with E-state index < -0.39 is 0 Å². The van der Waals surface area contributed by atoms with Crippen LogP contribution in [0, 0.1) is 6.92 Å². The molecule has 1 N–H and O–H groups in total. The Hall–Kier alpha value is -2.24. The number of anilines is 1. The molecular formula is C13H15N5O. The van der Waals surface area contributed by atoms with Gasteiger partial charge in [0.1, 0.15) is 6.33 Å². The molecule has 2 heterocycles. The van der Waals surface area contributed by atoms with Crippen LogP contribution in [-0.4, -0.2) is 25.6 Å². The third-order valence-corrected chi connectivity index (χ3v) is 3.12. The van der Waals surface area contributed by atoms with Crippen molar-refractivity contribution in [1.29, 1.82) is 0 Å². The second-order valence-electron chi connectivity index (χ2n) is 4.78. The van der Waals surface area contributed by atoms with Gasteiger partial charge in [-0.25, -0.2) is 9.78 Å². The monoisotopic (exact) mass is 257 g/mol. The van der Waals surface area contributed by atoms with E-state index in [4.69, 9.17) is 0 Å². The first-order valence-corrected chi connectivity index (χ1v) is 6.33. The molecular weight excluding hydrogens is 242 g/mol. The first-order valence-electron chi connectivity index (χ1n) is 6.33. The molecule has 1 aliphatic carbocycles. The number of hydrogen-bond donors (Lipinski definition) is 1. The molecule has 0 aromatic carbocycles. The SMILES string of the molecule is Cc1cccnc1Cn1cnc(NC2CC2)nc1=O. The molecule has 0 amide bonds. The standard InChI is InChI=1S/C13H15N5O/c1-9-3-2-6-14-11(9)7-18-8-15-12(17-13(18)19)16-10-4-5-10/h2-3,6,8,10H,4-5,7H2,1H3,(H,16,17,19). The van der Waals surface area contributed by atoms with E-state index in [1.165, 1.54) is 10.9 Å². The quantitative estimate of drug-likeness (QED) is 0.883. The van der Waals surface area contributed by atoms with Crippen molar-refractivity contribution in [3.05, 3.63) is 46.4 Å². The van der Waals surface area contributed by atoms with Crippen molar-refractivity contribution in [2.24, 2.45) is 0 Å². The fourth-order valence-corrected chi connectivity index (χ4v) is 1.79. The zero-order valence-electron chi connectivity index (χ0n) is 10.7. The average molecular weight is 257 g/mol. The van der Waals surface area contributed by atoms with Crippen molar-refractivity contribution in [3.8, 4) is 0 Å². The molecule has 0 bridgehead atoms. The zero-order valence-corrected chi connectivity index (χ0v) is 10.7. The normalized spacial score (nSPS) is 14.4. The summed E-state index contributed by atoms with van der Waals surface area (Å²) in [5.41, 5.74) is 1.61. The Kier molecular flexibility index (Phi) is 2.98. The van der Waals surface area contributed by atoms with Gasteiger partial charge in [-0.05, 0) is 31.4 Å². The maximum absolute atomic E-state index is 11.9. The first kappa shape index (κ1) is 11.8. The van der Waals surface area contributed by atoms with Crippen molar-refractivity contribution >= 4 is 5.95 Å². The molecule has 1 aliphatic rings. The molecule has 1 saturated carbocycles. The van der Waals surface area contributed by atoms with E-state index in [9.17, 15) is 4.79 Å². The molecule has 0 saturated heterocycles. The second-order valence-corrected chi connectivity index (χ2v) is 4.78. The molecule has 0 aliphatic heterocycles. The van der Waals surface area contributed by atoms with Crippen LogP contribution in [0.5, 0.6) is 0 Å². The summed E-state index contributed by atoms with van der Waals surface area (Å²) < 4.78 is 1.47. The Morgan fingerprint density at radius 3 is 2.95 bits per heavy atom. The van der Waals surface area contributed by atoms with Gasteiger partial charge in [-0.15, -0.1) is 0 Å².